The van der Waals surface area contributed by atoms with E-state index in [4.69, 9.17) is 33.2 Å². The Morgan fingerprint density at radius 2 is 1.17 bits per heavy atom. The molecule has 0 aromatic heterocycles. The van der Waals surface area contributed by atoms with Gasteiger partial charge in [0.05, 0.1) is 37.1 Å². The van der Waals surface area contributed by atoms with Crippen molar-refractivity contribution in [3.63, 3.8) is 0 Å². The molecule has 25 atom stereocenters. The lowest BCUT2D eigenvalue weighted by molar-refractivity contribution is -0.349. The summed E-state index contributed by atoms with van der Waals surface area (Å²) in [6.07, 6.45) is -13.4. The summed E-state index contributed by atoms with van der Waals surface area (Å²) in [5, 5.41) is 198. The number of carboxylic acids is 2. The van der Waals surface area contributed by atoms with E-state index in [1.54, 1.807) is 0 Å². The first-order chi connectivity index (χ1) is 50.6. The van der Waals surface area contributed by atoms with Crippen molar-refractivity contribution in [1.29, 1.82) is 0 Å². The number of esters is 2. The quantitative estimate of drug-likeness (QED) is 0.0170. The maximum atomic E-state index is 13.9. The molecule has 0 amide bonds. The van der Waals surface area contributed by atoms with Gasteiger partial charge in [0.2, 0.25) is 12.2 Å². The van der Waals surface area contributed by atoms with Gasteiger partial charge in [0.1, 0.15) is 60.9 Å². The minimum atomic E-state index is -1.84. The Morgan fingerprint density at radius 1 is 0.630 bits per heavy atom. The molecule has 6 fully saturated rings. The lowest BCUT2D eigenvalue weighted by atomic mass is 9.34. The molecular formula is C78H102O30. The summed E-state index contributed by atoms with van der Waals surface area (Å²) in [4.78, 5) is 50.9. The van der Waals surface area contributed by atoms with E-state index >= 15 is 0 Å². The summed E-state index contributed by atoms with van der Waals surface area (Å²) >= 11 is 0. The van der Waals surface area contributed by atoms with Gasteiger partial charge in [0.15, 0.2) is 58.6 Å². The van der Waals surface area contributed by atoms with Crippen LogP contribution in [0.2, 0.25) is 0 Å². The molecule has 19 N–H and O–H groups in total. The van der Waals surface area contributed by atoms with Crippen molar-refractivity contribution in [1.82, 2.24) is 0 Å². The van der Waals surface area contributed by atoms with Crippen molar-refractivity contribution in [2.75, 3.05) is 13.2 Å². The lowest BCUT2D eigenvalue weighted by Gasteiger charge is -2.72. The van der Waals surface area contributed by atoms with Gasteiger partial charge in [-0.05, 0) is 188 Å². The van der Waals surface area contributed by atoms with E-state index in [0.29, 0.717) is 44.9 Å². The van der Waals surface area contributed by atoms with E-state index < -0.39 is 215 Å². The molecule has 4 aromatic carbocycles. The fourth-order valence-electron chi connectivity index (χ4n) is 18.9. The lowest BCUT2D eigenvalue weighted by Crippen LogP contribution is -2.71. The number of allylic oxidation sites excluding steroid dienone is 2. The molecule has 0 radical (unpaired) electrons. The highest BCUT2D eigenvalue weighted by Gasteiger charge is 2.74. The summed E-state index contributed by atoms with van der Waals surface area (Å²) in [5.74, 6) is -11.6. The van der Waals surface area contributed by atoms with Gasteiger partial charge in [-0.1, -0.05) is 70.5 Å². The number of hydrogen-bond acceptors (Lipinski definition) is 28. The van der Waals surface area contributed by atoms with Crippen molar-refractivity contribution in [3.05, 3.63) is 112 Å². The number of hydrogen-bond donors (Lipinski definition) is 19. The normalized spacial score (nSPS) is 35.0. The maximum absolute atomic E-state index is 13.9. The number of phenolic OH excluding ortho intramolecular Hbond substituents is 7. The number of rotatable bonds is 22. The second-order valence-electron chi connectivity index (χ2n) is 31.8. The first-order valence-corrected chi connectivity index (χ1v) is 36.2. The Morgan fingerprint density at radius 3 is 1.71 bits per heavy atom. The monoisotopic (exact) mass is 1520 g/mol. The van der Waals surface area contributed by atoms with E-state index in [1.165, 1.54) is 24.3 Å². The number of carbonyl (C=O) groups excluding carboxylic acids is 2. The fraction of sp³-hybridized carbons (Fsp3) is 0.590. The van der Waals surface area contributed by atoms with Crippen LogP contribution in [-0.2, 0) is 60.4 Å². The summed E-state index contributed by atoms with van der Waals surface area (Å²) in [7, 11) is 0. The number of phenols is 7. The number of carboxylic acid groups (broad SMARTS) is 2. The number of aliphatic carboxylic acids is 2. The Kier molecular flexibility index (Phi) is 24.6. The van der Waals surface area contributed by atoms with Crippen LogP contribution < -0.4 is 4.74 Å². The van der Waals surface area contributed by atoms with Crippen LogP contribution in [0.15, 0.2) is 84.5 Å². The minimum absolute atomic E-state index is 0.000258. The fourth-order valence-corrected chi connectivity index (χ4v) is 18.9. The number of fused-ring (bicyclic) bond motifs is 6. The summed E-state index contributed by atoms with van der Waals surface area (Å²) in [6, 6.07) is 13.0. The average Bonchev–Trinajstić information content (AvgIpc) is 1.25. The van der Waals surface area contributed by atoms with Gasteiger partial charge in [-0.3, -0.25) is 4.79 Å². The zero-order chi connectivity index (χ0) is 79.4. The van der Waals surface area contributed by atoms with Crippen molar-refractivity contribution in [2.24, 2.45) is 45.3 Å². The average molecular weight is 1520 g/mol. The number of aliphatic hydroxyl groups excluding tert-OH is 10. The van der Waals surface area contributed by atoms with E-state index in [2.05, 4.69) is 26.8 Å². The zero-order valence-electron chi connectivity index (χ0n) is 61.2. The SMILES string of the molecule is CC(C)=CCC[C@](C)(O[C@@H]1O[C@H](CO)[C@@H](O)[C@H](O)[C@H]1O)[C@H]1CC[C@]2(C)[C@@H]1[C@H](O)C[C@@H]1[C@@]3(C)CC[C@H](O)C(C)(C)[C@@H]3[C@@H](O[C@@H]3O[C@H](CO)[C@@H](O)[C@H](O)[C@H]3O)C[C@]12C.O=C(/C=C/c1ccc(O)c2c1[C@@H](C(=O)O[C@H](Cc1ccc(O)c(O)c1)C(=O)O)[C@H](c1ccc(O)c(O)c1)O2)O[C@H](Cc1ccc(O)c(O)c1)C(=O)O. The van der Waals surface area contributed by atoms with Gasteiger partial charge < -0.3 is 130 Å². The van der Waals surface area contributed by atoms with Crippen LogP contribution in [0.1, 0.15) is 147 Å². The molecule has 4 saturated carbocycles. The molecule has 4 aromatic rings. The van der Waals surface area contributed by atoms with E-state index in [-0.39, 0.29) is 63.7 Å². The van der Waals surface area contributed by atoms with Crippen LogP contribution in [0.3, 0.4) is 0 Å². The summed E-state index contributed by atoms with van der Waals surface area (Å²) < 4.78 is 41.9. The second-order valence-corrected chi connectivity index (χ2v) is 31.8. The Labute approximate surface area is 622 Å². The van der Waals surface area contributed by atoms with Crippen LogP contribution in [0.5, 0.6) is 46.0 Å². The Bertz CT molecular complexity index is 3980. The zero-order valence-corrected chi connectivity index (χ0v) is 61.2. The molecule has 4 aliphatic carbocycles. The third-order valence-electron chi connectivity index (χ3n) is 24.6. The van der Waals surface area contributed by atoms with Gasteiger partial charge >= 0.3 is 23.9 Å². The molecular weight excluding hydrogens is 1420 g/mol. The molecule has 30 nitrogen and oxygen atoms in total. The van der Waals surface area contributed by atoms with Crippen molar-refractivity contribution in [3.8, 4) is 46.0 Å². The molecule has 0 unspecified atom stereocenters. The predicted octanol–water partition coefficient (Wildman–Crippen LogP) is 4.45. The number of ether oxygens (including phenoxy) is 7. The van der Waals surface area contributed by atoms with Gasteiger partial charge in [-0.25, -0.2) is 14.4 Å². The third-order valence-corrected chi connectivity index (χ3v) is 24.6. The van der Waals surface area contributed by atoms with E-state index in [9.17, 15) is 116 Å². The van der Waals surface area contributed by atoms with E-state index in [1.807, 2.05) is 34.6 Å². The number of aliphatic hydroxyl groups is 10. The molecule has 3 heterocycles. The smallest absolute Gasteiger partial charge is 0.345 e. The van der Waals surface area contributed by atoms with Gasteiger partial charge in [-0.2, -0.15) is 0 Å². The van der Waals surface area contributed by atoms with Gasteiger partial charge in [0, 0.05) is 24.5 Å². The van der Waals surface area contributed by atoms with Crippen LogP contribution in [-0.4, -0.2) is 232 Å². The number of carbonyl (C=O) groups is 4. The molecule has 30 heteroatoms. The van der Waals surface area contributed by atoms with Gasteiger partial charge in [-0.15, -0.1) is 0 Å². The molecule has 3 aliphatic heterocycles. The maximum Gasteiger partial charge on any atom is 0.345 e. The molecule has 594 valence electrons. The number of benzene rings is 4. The largest absolute Gasteiger partial charge is 0.504 e. The summed E-state index contributed by atoms with van der Waals surface area (Å²) in [5.41, 5.74) is -1.48. The van der Waals surface area contributed by atoms with Crippen LogP contribution in [0, 0.1) is 45.3 Å². The van der Waals surface area contributed by atoms with Crippen LogP contribution in [0.4, 0.5) is 0 Å². The van der Waals surface area contributed by atoms with Crippen LogP contribution in [0.25, 0.3) is 6.08 Å². The molecule has 0 spiro atoms. The number of aromatic hydroxyl groups is 7. The molecule has 7 aliphatic rings. The molecule has 0 bridgehead atoms. The highest BCUT2D eigenvalue weighted by atomic mass is 16.7. The molecule has 11 rings (SSSR count). The standard InChI is InChI=1S/C42H72O14.C36H30O16/c1-20(2)10-9-13-42(8,56-37-34(52)32(50)30(48)25(19-44)55-37)21-11-15-40(6)28(21)22(45)16-26-39(5)14-12-27(46)38(3,4)35(39)23(17-41(26,40)7)53-36-33(51)31(49)29(47)24(18-43)54-36;37-20-6-1-16(11-24(20)41)13-27(34(45)46)50-29(44)10-5-18-3-9-23(40)33-30(18)31(32(52-33)19-4-8-22(39)26(43)15-19)36(49)51-28(35(47)48)14-17-2-7-21(38)25(42)12-17/h10,21-37,43-52H,9,11-19H2,1-8H3;1-12,15,27-28,31-32,37-43H,13-14H2,(H,45,46)(H,47,48)/b;10-5+/t21-,22+,23-,24+,25+,26+,27-,28-,29+,30+,31-,32-,33+,34+,35-,36+,37-,39+,40+,41+,42-;27-,28-,31-,32+/m01/s1. The van der Waals surface area contributed by atoms with Gasteiger partial charge in [0.25, 0.3) is 0 Å². The summed E-state index contributed by atoms with van der Waals surface area (Å²) in [6.45, 7) is 15.7. The topological polar surface area (TPSA) is 517 Å². The minimum Gasteiger partial charge on any atom is -0.504 e. The van der Waals surface area contributed by atoms with Crippen LogP contribution >= 0.6 is 0 Å². The highest BCUT2D eigenvalue weighted by Crippen LogP contribution is 2.76. The first kappa shape index (κ1) is 82.6. The van der Waals surface area contributed by atoms with E-state index in [0.717, 1.165) is 66.6 Å². The Hall–Kier alpha value is -7.92. The highest BCUT2D eigenvalue weighted by molar-refractivity contribution is 5.92. The predicted molar refractivity (Wildman–Crippen MR) is 377 cm³/mol. The van der Waals surface area contributed by atoms with Crippen molar-refractivity contribution >= 4 is 30.0 Å². The molecule has 108 heavy (non-hydrogen) atoms. The Balaban J connectivity index is 0.000000231. The van der Waals surface area contributed by atoms with Crippen molar-refractivity contribution < 1.29 is 149 Å². The first-order valence-electron chi connectivity index (χ1n) is 36.2. The molecule has 2 saturated heterocycles. The second kappa shape index (κ2) is 32.2. The van der Waals surface area contributed by atoms with Crippen molar-refractivity contribution in [2.45, 2.75) is 229 Å². The third kappa shape index (κ3) is 15.9.